The minimum Gasteiger partial charge on any atom is -0.316 e. The maximum atomic E-state index is 12.9. The highest BCUT2D eigenvalue weighted by Gasteiger charge is 2.31. The molecule has 1 N–H and O–H groups in total. The number of anilines is 1. The van der Waals surface area contributed by atoms with E-state index in [1.807, 2.05) is 0 Å². The average Bonchev–Trinajstić information content (AvgIpc) is 3.11. The van der Waals surface area contributed by atoms with Gasteiger partial charge in [0.05, 0.1) is 32.7 Å². The molecular weight excluding hydrogens is 440 g/mol. The summed E-state index contributed by atoms with van der Waals surface area (Å²) in [5.41, 5.74) is -0.584. The molecule has 3 rings (SSSR count). The van der Waals surface area contributed by atoms with Crippen molar-refractivity contribution in [3.63, 3.8) is 0 Å². The van der Waals surface area contributed by atoms with Gasteiger partial charge in [-0.25, -0.2) is 8.42 Å². The number of aromatic nitrogens is 3. The molecule has 0 aliphatic rings. The van der Waals surface area contributed by atoms with E-state index in [4.69, 9.17) is 23.2 Å². The summed E-state index contributed by atoms with van der Waals surface area (Å²) < 4.78 is 67.8. The van der Waals surface area contributed by atoms with Gasteiger partial charge in [0.15, 0.2) is 0 Å². The number of rotatable bonds is 5. The fourth-order valence-corrected chi connectivity index (χ4v) is 3.84. The van der Waals surface area contributed by atoms with Crippen LogP contribution in [0.2, 0.25) is 10.0 Å². The number of nitrogens with one attached hydrogen (secondary N) is 1. The molecule has 1 aromatic heterocycles. The number of alkyl halides is 3. The van der Waals surface area contributed by atoms with Gasteiger partial charge in [-0.1, -0.05) is 29.3 Å². The summed E-state index contributed by atoms with van der Waals surface area (Å²) in [6.45, 7) is 0.157. The molecule has 6 nitrogen and oxygen atoms in total. The lowest BCUT2D eigenvalue weighted by Crippen LogP contribution is -2.16. The Labute approximate surface area is 168 Å². The topological polar surface area (TPSA) is 76.9 Å². The monoisotopic (exact) mass is 450 g/mol. The maximum absolute atomic E-state index is 12.9. The molecule has 0 saturated heterocycles. The van der Waals surface area contributed by atoms with Gasteiger partial charge in [-0.3, -0.25) is 4.72 Å². The largest absolute Gasteiger partial charge is 0.416 e. The van der Waals surface area contributed by atoms with Crippen LogP contribution in [0.5, 0.6) is 0 Å². The molecule has 0 aliphatic carbocycles. The number of halogens is 5. The van der Waals surface area contributed by atoms with E-state index in [0.717, 1.165) is 18.2 Å². The molecule has 28 heavy (non-hydrogen) atoms. The van der Waals surface area contributed by atoms with Crippen molar-refractivity contribution in [1.29, 1.82) is 0 Å². The Hall–Kier alpha value is -2.30. The van der Waals surface area contributed by atoms with Crippen LogP contribution in [0.3, 0.4) is 0 Å². The van der Waals surface area contributed by atoms with Crippen LogP contribution in [0.1, 0.15) is 11.1 Å². The van der Waals surface area contributed by atoms with Crippen LogP contribution in [-0.4, -0.2) is 23.2 Å². The van der Waals surface area contributed by atoms with Crippen molar-refractivity contribution in [1.82, 2.24) is 14.8 Å². The fraction of sp³-hybridized carbons (Fsp3) is 0.125. The van der Waals surface area contributed by atoms with Crippen molar-refractivity contribution in [2.45, 2.75) is 17.6 Å². The molecule has 148 valence electrons. The van der Waals surface area contributed by atoms with Gasteiger partial charge in [-0.15, -0.1) is 10.2 Å². The number of benzene rings is 2. The van der Waals surface area contributed by atoms with Gasteiger partial charge >= 0.3 is 6.18 Å². The molecule has 2 aromatic carbocycles. The fourth-order valence-electron chi connectivity index (χ4n) is 2.36. The zero-order valence-corrected chi connectivity index (χ0v) is 16.1. The molecule has 0 saturated carbocycles. The molecule has 0 aliphatic heterocycles. The van der Waals surface area contributed by atoms with Crippen LogP contribution in [0.4, 0.5) is 18.9 Å². The van der Waals surface area contributed by atoms with Gasteiger partial charge < -0.3 is 4.57 Å². The first-order valence-electron chi connectivity index (χ1n) is 7.57. The third-order valence-corrected chi connectivity index (χ3v) is 5.77. The smallest absolute Gasteiger partial charge is 0.316 e. The number of sulfonamides is 1. The molecule has 0 unspecified atom stereocenters. The predicted molar refractivity (Wildman–Crippen MR) is 97.8 cm³/mol. The van der Waals surface area contributed by atoms with Crippen LogP contribution >= 0.6 is 23.2 Å². The second-order valence-corrected chi connectivity index (χ2v) is 8.19. The van der Waals surface area contributed by atoms with Crippen molar-refractivity contribution in [3.8, 4) is 0 Å². The summed E-state index contributed by atoms with van der Waals surface area (Å²) in [7, 11) is -4.32. The van der Waals surface area contributed by atoms with Gasteiger partial charge in [-0.05, 0) is 35.9 Å². The first-order chi connectivity index (χ1) is 13.1. The molecule has 0 atom stereocenters. The number of hydrogen-bond acceptors (Lipinski definition) is 4. The molecule has 3 aromatic rings. The summed E-state index contributed by atoms with van der Waals surface area (Å²) in [6, 6.07) is 6.16. The first kappa shape index (κ1) is 20.4. The van der Waals surface area contributed by atoms with Crippen LogP contribution in [0.25, 0.3) is 0 Å². The second kappa shape index (κ2) is 7.61. The second-order valence-electron chi connectivity index (χ2n) is 5.69. The molecule has 0 spiro atoms. The summed E-state index contributed by atoms with van der Waals surface area (Å²) in [5, 5.41) is 7.57. The van der Waals surface area contributed by atoms with Gasteiger partial charge in [-0.2, -0.15) is 13.2 Å². The zero-order valence-electron chi connectivity index (χ0n) is 13.8. The van der Waals surface area contributed by atoms with Crippen LogP contribution in [-0.2, 0) is 22.7 Å². The Balaban J connectivity index is 1.99. The summed E-state index contributed by atoms with van der Waals surface area (Å²) in [5.74, 6) is 0. The quantitative estimate of drug-likeness (QED) is 0.622. The zero-order chi connectivity index (χ0) is 20.5. The molecule has 0 radical (unpaired) electrons. The number of nitrogens with zero attached hydrogens (tertiary/aromatic N) is 3. The van der Waals surface area contributed by atoms with Gasteiger partial charge in [0, 0.05) is 0 Å². The Morgan fingerprint density at radius 2 is 1.68 bits per heavy atom. The predicted octanol–water partition coefficient (Wildman–Crippen LogP) is 4.45. The highest BCUT2D eigenvalue weighted by molar-refractivity contribution is 7.92. The van der Waals surface area contributed by atoms with E-state index >= 15 is 0 Å². The summed E-state index contributed by atoms with van der Waals surface area (Å²) in [4.78, 5) is -0.538. The molecule has 0 bridgehead atoms. The van der Waals surface area contributed by atoms with Gasteiger partial charge in [0.25, 0.3) is 10.0 Å². The molecule has 0 amide bonds. The van der Waals surface area contributed by atoms with E-state index in [-0.39, 0.29) is 22.3 Å². The molecule has 1 heterocycles. The summed E-state index contributed by atoms with van der Waals surface area (Å²) >= 11 is 12.0. The van der Waals surface area contributed by atoms with Crippen molar-refractivity contribution in [2.24, 2.45) is 0 Å². The van der Waals surface area contributed by atoms with Gasteiger partial charge in [0.2, 0.25) is 0 Å². The highest BCUT2D eigenvalue weighted by Crippen LogP contribution is 2.33. The highest BCUT2D eigenvalue weighted by atomic mass is 35.5. The Bertz CT molecular complexity index is 1100. The number of hydrogen-bond donors (Lipinski definition) is 1. The minimum atomic E-state index is -4.67. The molecule has 0 fully saturated rings. The van der Waals surface area contributed by atoms with E-state index in [1.54, 1.807) is 4.57 Å². The Kier molecular flexibility index (Phi) is 5.55. The lowest BCUT2D eigenvalue weighted by atomic mass is 10.2. The average molecular weight is 451 g/mol. The maximum Gasteiger partial charge on any atom is 0.416 e. The van der Waals surface area contributed by atoms with E-state index in [1.165, 1.54) is 24.8 Å². The van der Waals surface area contributed by atoms with Crippen molar-refractivity contribution < 1.29 is 21.6 Å². The Morgan fingerprint density at radius 3 is 2.32 bits per heavy atom. The van der Waals surface area contributed by atoms with E-state index in [0.29, 0.717) is 11.6 Å². The lowest BCUT2D eigenvalue weighted by Gasteiger charge is -2.15. The van der Waals surface area contributed by atoms with E-state index < -0.39 is 26.7 Å². The third-order valence-electron chi connectivity index (χ3n) is 3.68. The third kappa shape index (κ3) is 4.57. The van der Waals surface area contributed by atoms with Crippen molar-refractivity contribution in [3.05, 3.63) is 70.2 Å². The molecule has 12 heteroatoms. The molecular formula is C16H11Cl2F3N4O2S. The normalized spacial score (nSPS) is 12.2. The standard InChI is InChI=1S/C16H11Cl2F3N4O2S/c17-13-4-10(7-25-8-22-23-9-25)15(6-14(13)18)24-28(26,27)12-3-1-2-11(5-12)16(19,20)21/h1-6,8-9,24H,7H2. The van der Waals surface area contributed by atoms with Crippen LogP contribution in [0, 0.1) is 0 Å². The summed E-state index contributed by atoms with van der Waals surface area (Å²) in [6.07, 6.45) is -1.85. The van der Waals surface area contributed by atoms with Gasteiger partial charge in [0.1, 0.15) is 12.7 Å². The van der Waals surface area contributed by atoms with E-state index in [2.05, 4.69) is 14.9 Å². The lowest BCUT2D eigenvalue weighted by molar-refractivity contribution is -0.137. The Morgan fingerprint density at radius 1 is 1.04 bits per heavy atom. The van der Waals surface area contributed by atoms with Crippen LogP contribution < -0.4 is 4.72 Å². The van der Waals surface area contributed by atoms with Crippen molar-refractivity contribution in [2.75, 3.05) is 4.72 Å². The van der Waals surface area contributed by atoms with Crippen molar-refractivity contribution >= 4 is 38.9 Å². The minimum absolute atomic E-state index is 0.0699. The van der Waals surface area contributed by atoms with E-state index in [9.17, 15) is 21.6 Å². The van der Waals surface area contributed by atoms with Crippen LogP contribution in [0.15, 0.2) is 53.9 Å². The first-order valence-corrected chi connectivity index (χ1v) is 9.80. The SMILES string of the molecule is O=S(=O)(Nc1cc(Cl)c(Cl)cc1Cn1cnnc1)c1cccc(C(F)(F)F)c1.